The topological polar surface area (TPSA) is 70.8 Å². The molecule has 0 aromatic heterocycles. The predicted octanol–water partition coefficient (Wildman–Crippen LogP) is 6.23. The summed E-state index contributed by atoms with van der Waals surface area (Å²) in [6, 6.07) is 11.2. The molecule has 180 valence electrons. The van der Waals surface area contributed by atoms with Crippen LogP contribution in [0, 0.1) is 0 Å². The van der Waals surface area contributed by atoms with Crippen LogP contribution < -0.4 is 19.9 Å². The van der Waals surface area contributed by atoms with Gasteiger partial charge in [-0.05, 0) is 94.6 Å². The molecule has 34 heavy (non-hydrogen) atoms. The smallest absolute Gasteiger partial charge is 0.189 e. The van der Waals surface area contributed by atoms with Gasteiger partial charge in [0.25, 0.3) is 0 Å². The van der Waals surface area contributed by atoms with Gasteiger partial charge in [0.2, 0.25) is 0 Å². The van der Waals surface area contributed by atoms with Gasteiger partial charge in [0.1, 0.15) is 22.8 Å². The fourth-order valence-electron chi connectivity index (χ4n) is 3.78. The number of ether oxygens (including phenoxy) is 3. The third kappa shape index (κ3) is 6.61. The van der Waals surface area contributed by atoms with Gasteiger partial charge in [-0.3, -0.25) is 4.79 Å². The first-order valence-electron chi connectivity index (χ1n) is 11.7. The maximum absolute atomic E-state index is 13.0. The molecule has 1 atom stereocenters. The van der Waals surface area contributed by atoms with Crippen LogP contribution in [0.2, 0.25) is 0 Å². The van der Waals surface area contributed by atoms with Crippen LogP contribution in [-0.2, 0) is 0 Å². The minimum Gasteiger partial charge on any atom is -0.495 e. The molecule has 0 saturated carbocycles. The molecule has 0 saturated heterocycles. The summed E-state index contributed by atoms with van der Waals surface area (Å²) in [7, 11) is 1.58. The van der Waals surface area contributed by atoms with Crippen LogP contribution in [0.5, 0.6) is 17.2 Å². The van der Waals surface area contributed by atoms with Gasteiger partial charge in [0.15, 0.2) is 5.78 Å². The molecule has 5 heteroatoms. The van der Waals surface area contributed by atoms with E-state index in [0.717, 1.165) is 41.9 Å². The van der Waals surface area contributed by atoms with Gasteiger partial charge in [-0.25, -0.2) is 0 Å². The van der Waals surface area contributed by atoms with Crippen LogP contribution in [0.1, 0.15) is 61.5 Å². The first kappa shape index (κ1) is 25.3. The molecule has 2 aromatic carbocycles. The molecule has 0 spiro atoms. The van der Waals surface area contributed by atoms with Gasteiger partial charge in [-0.2, -0.15) is 0 Å². The highest BCUT2D eigenvalue weighted by molar-refractivity contribution is 6.09. The van der Waals surface area contributed by atoms with Gasteiger partial charge in [0.05, 0.1) is 24.8 Å². The lowest BCUT2D eigenvalue weighted by Crippen LogP contribution is -2.31. The monoisotopic (exact) mass is 461 g/mol. The Morgan fingerprint density at radius 3 is 2.59 bits per heavy atom. The van der Waals surface area contributed by atoms with Gasteiger partial charge in [-0.1, -0.05) is 29.9 Å². The van der Waals surface area contributed by atoms with Crippen molar-refractivity contribution in [3.63, 3.8) is 0 Å². The highest BCUT2D eigenvalue weighted by Crippen LogP contribution is 2.40. The summed E-state index contributed by atoms with van der Waals surface area (Å²) in [6.45, 7) is 7.47. The Bertz CT molecular complexity index is 1080. The van der Waals surface area contributed by atoms with Crippen LogP contribution >= 0.6 is 0 Å². The minimum atomic E-state index is -0.393. The number of allylic oxidation sites excluding steroid dienone is 3. The van der Waals surface area contributed by atoms with Crippen molar-refractivity contribution in [1.29, 1.82) is 0 Å². The number of fused-ring (bicyclic) bond motifs is 1. The average Bonchev–Trinajstić information content (AvgIpc) is 2.82. The Morgan fingerprint density at radius 2 is 1.91 bits per heavy atom. The quantitative estimate of drug-likeness (QED) is 0.186. The molecule has 1 aliphatic heterocycles. The minimum absolute atomic E-state index is 0.131. The molecule has 0 aliphatic carbocycles. The largest absolute Gasteiger partial charge is 0.495 e. The second-order valence-corrected chi connectivity index (χ2v) is 8.88. The zero-order valence-corrected chi connectivity index (χ0v) is 20.6. The van der Waals surface area contributed by atoms with Crippen molar-refractivity contribution in [2.75, 3.05) is 20.3 Å². The number of nitrogens with two attached hydrogens (primary N) is 1. The lowest BCUT2D eigenvalue weighted by Gasteiger charge is -2.32. The van der Waals surface area contributed by atoms with E-state index in [0.29, 0.717) is 24.5 Å². The number of carbonyl (C=O) groups is 1. The van der Waals surface area contributed by atoms with E-state index in [1.165, 1.54) is 5.57 Å². The number of hydrogen-bond donors (Lipinski definition) is 1. The molecule has 0 amide bonds. The van der Waals surface area contributed by atoms with Crippen molar-refractivity contribution in [2.24, 2.45) is 5.73 Å². The van der Waals surface area contributed by atoms with Crippen LogP contribution in [0.15, 0.2) is 60.2 Å². The van der Waals surface area contributed by atoms with E-state index in [9.17, 15) is 4.79 Å². The Morgan fingerprint density at radius 1 is 1.15 bits per heavy atom. The van der Waals surface area contributed by atoms with E-state index in [2.05, 4.69) is 32.9 Å². The molecule has 0 bridgehead atoms. The lowest BCUT2D eigenvalue weighted by atomic mass is 9.93. The summed E-state index contributed by atoms with van der Waals surface area (Å²) in [4.78, 5) is 13.0. The standard InChI is InChI=1S/C29H35NO4/c1-21(2)7-5-17-29(3)18-16-25-27(34-29)15-13-24(28(25)32-4)26(31)14-10-22-8-11-23(12-9-22)33-20-6-19-30/h7-16,18H,5-6,17,19-20,30H2,1-4H3/b14-10+. The Balaban J connectivity index is 1.73. The number of methoxy groups -OCH3 is 1. The van der Waals surface area contributed by atoms with Gasteiger partial charge >= 0.3 is 0 Å². The van der Waals surface area contributed by atoms with E-state index < -0.39 is 5.60 Å². The number of carbonyl (C=O) groups excluding carboxylic acids is 1. The second kappa shape index (κ2) is 11.7. The van der Waals surface area contributed by atoms with Crippen molar-refractivity contribution in [3.8, 4) is 17.2 Å². The SMILES string of the molecule is COc1c(C(=O)/C=C/c2ccc(OCCCN)cc2)ccc2c1C=CC(C)(CCC=C(C)C)O2. The van der Waals surface area contributed by atoms with Crippen LogP contribution in [0.25, 0.3) is 12.2 Å². The molecule has 0 fully saturated rings. The molecule has 0 radical (unpaired) electrons. The summed E-state index contributed by atoms with van der Waals surface area (Å²) in [6.07, 6.45) is 12.3. The second-order valence-electron chi connectivity index (χ2n) is 8.88. The zero-order valence-electron chi connectivity index (χ0n) is 20.6. The van der Waals surface area contributed by atoms with Gasteiger partial charge in [-0.15, -0.1) is 0 Å². The molecule has 1 heterocycles. The Kier molecular flexibility index (Phi) is 8.72. The van der Waals surface area contributed by atoms with Crippen molar-refractivity contribution < 1.29 is 19.0 Å². The van der Waals surface area contributed by atoms with E-state index in [4.69, 9.17) is 19.9 Å². The van der Waals surface area contributed by atoms with Crippen molar-refractivity contribution in [1.82, 2.24) is 0 Å². The molecule has 2 N–H and O–H groups in total. The van der Waals surface area contributed by atoms with E-state index in [1.54, 1.807) is 25.3 Å². The highest BCUT2D eigenvalue weighted by atomic mass is 16.5. The molecule has 3 rings (SSSR count). The molecule has 1 unspecified atom stereocenters. The van der Waals surface area contributed by atoms with Crippen LogP contribution in [0.3, 0.4) is 0 Å². The summed E-state index contributed by atoms with van der Waals surface area (Å²) in [5.41, 5.74) is 8.59. The van der Waals surface area contributed by atoms with E-state index >= 15 is 0 Å². The van der Waals surface area contributed by atoms with Gasteiger partial charge in [0, 0.05) is 0 Å². The molecular formula is C29H35NO4. The maximum atomic E-state index is 13.0. The van der Waals surface area contributed by atoms with E-state index in [1.807, 2.05) is 36.4 Å². The van der Waals surface area contributed by atoms with Crippen molar-refractivity contribution in [2.45, 2.75) is 45.6 Å². The summed E-state index contributed by atoms with van der Waals surface area (Å²) < 4.78 is 17.6. The normalized spacial score (nSPS) is 16.6. The van der Waals surface area contributed by atoms with Crippen LogP contribution in [0.4, 0.5) is 0 Å². The predicted molar refractivity (Wildman–Crippen MR) is 139 cm³/mol. The molecule has 2 aromatic rings. The maximum Gasteiger partial charge on any atom is 0.189 e. The first-order chi connectivity index (χ1) is 16.3. The molecular weight excluding hydrogens is 426 g/mol. The molecule has 5 nitrogen and oxygen atoms in total. The van der Waals surface area contributed by atoms with Crippen molar-refractivity contribution in [3.05, 3.63) is 76.9 Å². The van der Waals surface area contributed by atoms with Crippen molar-refractivity contribution >= 4 is 17.9 Å². The van der Waals surface area contributed by atoms with E-state index in [-0.39, 0.29) is 5.78 Å². The summed E-state index contributed by atoms with van der Waals surface area (Å²) in [5, 5.41) is 0. The Labute approximate surface area is 202 Å². The molecule has 1 aliphatic rings. The number of hydrogen-bond acceptors (Lipinski definition) is 5. The Hall–Kier alpha value is -3.31. The number of ketones is 1. The number of benzene rings is 2. The fraction of sp³-hybridized carbons (Fsp3) is 0.345. The third-order valence-corrected chi connectivity index (χ3v) is 5.69. The van der Waals surface area contributed by atoms with Gasteiger partial charge < -0.3 is 19.9 Å². The third-order valence-electron chi connectivity index (χ3n) is 5.69. The first-order valence-corrected chi connectivity index (χ1v) is 11.7. The lowest BCUT2D eigenvalue weighted by molar-refractivity contribution is 0.104. The number of rotatable bonds is 11. The average molecular weight is 462 g/mol. The fourth-order valence-corrected chi connectivity index (χ4v) is 3.78. The highest BCUT2D eigenvalue weighted by Gasteiger charge is 2.29. The zero-order chi connectivity index (χ0) is 24.6. The summed E-state index contributed by atoms with van der Waals surface area (Å²) >= 11 is 0. The van der Waals surface area contributed by atoms with Crippen LogP contribution in [-0.4, -0.2) is 31.6 Å². The summed E-state index contributed by atoms with van der Waals surface area (Å²) in [5.74, 6) is 1.91.